The van der Waals surface area contributed by atoms with Gasteiger partial charge in [0.25, 0.3) is 5.89 Å². The maximum Gasteiger partial charge on any atom is 0.417 e. The van der Waals surface area contributed by atoms with Gasteiger partial charge in [-0.15, -0.1) is 21.8 Å². The minimum Gasteiger partial charge on any atom is -0.418 e. The molecule has 1 atom stereocenters. The highest BCUT2D eigenvalue weighted by molar-refractivity contribution is 6.20. The van der Waals surface area contributed by atoms with Crippen molar-refractivity contribution in [1.82, 2.24) is 15.2 Å². The first kappa shape index (κ1) is 12.8. The number of aromatic nitrogens is 3. The molecule has 0 fully saturated rings. The van der Waals surface area contributed by atoms with Crippen molar-refractivity contribution in [1.29, 1.82) is 0 Å². The molecule has 2 aromatic heterocycles. The lowest BCUT2D eigenvalue weighted by Gasteiger charge is -2.05. The molecule has 2 rings (SSSR count). The van der Waals surface area contributed by atoms with Crippen LogP contribution >= 0.6 is 11.6 Å². The van der Waals surface area contributed by atoms with Crippen LogP contribution < -0.4 is 0 Å². The van der Waals surface area contributed by atoms with Crippen LogP contribution in [0.25, 0.3) is 11.6 Å². The molecular formula is C10H7ClF3N3O. The first-order chi connectivity index (χ1) is 8.38. The van der Waals surface area contributed by atoms with E-state index in [1.165, 1.54) is 6.07 Å². The molecule has 0 radical (unpaired) electrons. The molecule has 2 aromatic rings. The van der Waals surface area contributed by atoms with Crippen molar-refractivity contribution in [2.75, 3.05) is 0 Å². The summed E-state index contributed by atoms with van der Waals surface area (Å²) in [5.41, 5.74) is -0.671. The minimum atomic E-state index is -4.42. The van der Waals surface area contributed by atoms with E-state index in [4.69, 9.17) is 16.0 Å². The molecule has 4 nitrogen and oxygen atoms in total. The predicted octanol–water partition coefficient (Wildman–Crippen LogP) is 3.45. The van der Waals surface area contributed by atoms with Crippen molar-refractivity contribution in [3.8, 4) is 11.6 Å². The summed E-state index contributed by atoms with van der Waals surface area (Å²) < 4.78 is 42.1. The molecular weight excluding hydrogens is 271 g/mol. The summed E-state index contributed by atoms with van der Waals surface area (Å²) in [7, 11) is 0. The van der Waals surface area contributed by atoms with Crippen LogP contribution in [-0.2, 0) is 6.18 Å². The van der Waals surface area contributed by atoms with Gasteiger partial charge in [0.15, 0.2) is 0 Å². The van der Waals surface area contributed by atoms with E-state index in [1.54, 1.807) is 6.92 Å². The number of pyridine rings is 1. The molecule has 0 aliphatic rings. The second-order valence-electron chi connectivity index (χ2n) is 3.49. The van der Waals surface area contributed by atoms with Gasteiger partial charge in [-0.2, -0.15) is 13.2 Å². The third-order valence-electron chi connectivity index (χ3n) is 2.09. The monoisotopic (exact) mass is 277 g/mol. The normalized spacial score (nSPS) is 13.6. The van der Waals surface area contributed by atoms with Crippen molar-refractivity contribution in [3.63, 3.8) is 0 Å². The summed E-state index contributed by atoms with van der Waals surface area (Å²) in [6.45, 7) is 1.64. The molecule has 0 saturated heterocycles. The zero-order valence-electron chi connectivity index (χ0n) is 9.07. The van der Waals surface area contributed by atoms with E-state index in [1.807, 2.05) is 0 Å². The number of alkyl halides is 4. The molecule has 96 valence electrons. The number of hydrogen-bond donors (Lipinski definition) is 0. The first-order valence-corrected chi connectivity index (χ1v) is 5.32. The van der Waals surface area contributed by atoms with Gasteiger partial charge in [0.1, 0.15) is 11.1 Å². The zero-order valence-corrected chi connectivity index (χ0v) is 9.83. The van der Waals surface area contributed by atoms with Crippen molar-refractivity contribution >= 4 is 11.6 Å². The molecule has 0 N–H and O–H groups in total. The summed E-state index contributed by atoms with van der Waals surface area (Å²) in [4.78, 5) is 3.63. The largest absolute Gasteiger partial charge is 0.418 e. The summed E-state index contributed by atoms with van der Waals surface area (Å²) in [6.07, 6.45) is -3.71. The van der Waals surface area contributed by atoms with Crippen LogP contribution in [0.3, 0.4) is 0 Å². The Balaban J connectivity index is 2.29. The van der Waals surface area contributed by atoms with E-state index in [2.05, 4.69) is 15.2 Å². The maximum absolute atomic E-state index is 12.3. The van der Waals surface area contributed by atoms with Crippen molar-refractivity contribution in [2.45, 2.75) is 18.5 Å². The van der Waals surface area contributed by atoms with E-state index in [0.29, 0.717) is 6.20 Å². The third-order valence-corrected chi connectivity index (χ3v) is 2.28. The van der Waals surface area contributed by atoms with Crippen LogP contribution in [0, 0.1) is 0 Å². The zero-order chi connectivity index (χ0) is 13.3. The van der Waals surface area contributed by atoms with Crippen LogP contribution in [0.5, 0.6) is 0 Å². The number of nitrogens with zero attached hydrogens (tertiary/aromatic N) is 3. The molecule has 2 heterocycles. The smallest absolute Gasteiger partial charge is 0.417 e. The third kappa shape index (κ3) is 2.61. The molecule has 1 unspecified atom stereocenters. The standard InChI is InChI=1S/C10H7ClF3N3O/c1-5(11)8-16-17-9(18-8)7-3-2-6(4-15-7)10(12,13)14/h2-5H,1H3. The Morgan fingerprint density at radius 1 is 1.28 bits per heavy atom. The van der Waals surface area contributed by atoms with Crippen LogP contribution in [0.1, 0.15) is 23.8 Å². The second-order valence-corrected chi connectivity index (χ2v) is 4.15. The van der Waals surface area contributed by atoms with Crippen molar-refractivity contribution < 1.29 is 17.6 Å². The average molecular weight is 278 g/mol. The average Bonchev–Trinajstić information content (AvgIpc) is 2.77. The van der Waals surface area contributed by atoms with E-state index in [0.717, 1.165) is 6.07 Å². The Labute approximate surface area is 105 Å². The highest BCUT2D eigenvalue weighted by Gasteiger charge is 2.30. The lowest BCUT2D eigenvalue weighted by Crippen LogP contribution is -2.05. The number of rotatable bonds is 2. The van der Waals surface area contributed by atoms with E-state index in [-0.39, 0.29) is 17.5 Å². The molecule has 0 aliphatic heterocycles. The number of halogens is 4. The molecule has 0 aromatic carbocycles. The van der Waals surface area contributed by atoms with Gasteiger partial charge in [0.2, 0.25) is 5.89 Å². The Hall–Kier alpha value is -1.63. The lowest BCUT2D eigenvalue weighted by atomic mass is 10.2. The molecule has 18 heavy (non-hydrogen) atoms. The molecule has 8 heteroatoms. The Morgan fingerprint density at radius 2 is 2.00 bits per heavy atom. The fourth-order valence-corrected chi connectivity index (χ4v) is 1.28. The van der Waals surface area contributed by atoms with Gasteiger partial charge in [-0.05, 0) is 19.1 Å². The van der Waals surface area contributed by atoms with Gasteiger partial charge >= 0.3 is 6.18 Å². The summed E-state index contributed by atoms with van der Waals surface area (Å²) in [5.74, 6) is 0.222. The fourth-order valence-electron chi connectivity index (χ4n) is 1.19. The summed E-state index contributed by atoms with van der Waals surface area (Å²) in [6, 6.07) is 2.06. The summed E-state index contributed by atoms with van der Waals surface area (Å²) >= 11 is 5.72. The predicted molar refractivity (Wildman–Crippen MR) is 56.8 cm³/mol. The highest BCUT2D eigenvalue weighted by Crippen LogP contribution is 2.29. The highest BCUT2D eigenvalue weighted by atomic mass is 35.5. The molecule has 0 aliphatic carbocycles. The Bertz CT molecular complexity index is 536. The van der Waals surface area contributed by atoms with E-state index < -0.39 is 17.1 Å². The topological polar surface area (TPSA) is 51.8 Å². The first-order valence-electron chi connectivity index (χ1n) is 4.89. The van der Waals surface area contributed by atoms with Crippen molar-refractivity contribution in [3.05, 3.63) is 29.8 Å². The quantitative estimate of drug-likeness (QED) is 0.789. The minimum absolute atomic E-state index is 0.0335. The van der Waals surface area contributed by atoms with Gasteiger partial charge in [-0.25, -0.2) is 0 Å². The second kappa shape index (κ2) is 4.56. The number of hydrogen-bond acceptors (Lipinski definition) is 4. The molecule has 0 bridgehead atoms. The van der Waals surface area contributed by atoms with Gasteiger partial charge in [0.05, 0.1) is 5.56 Å². The van der Waals surface area contributed by atoms with Crippen molar-refractivity contribution in [2.24, 2.45) is 0 Å². The van der Waals surface area contributed by atoms with Gasteiger partial charge in [0, 0.05) is 6.20 Å². The SMILES string of the molecule is CC(Cl)c1nnc(-c2ccc(C(F)(F)F)cn2)o1. The van der Waals surface area contributed by atoms with E-state index >= 15 is 0 Å². The van der Waals surface area contributed by atoms with Crippen LogP contribution in [0.4, 0.5) is 13.2 Å². The van der Waals surface area contributed by atoms with Gasteiger partial charge < -0.3 is 4.42 Å². The lowest BCUT2D eigenvalue weighted by molar-refractivity contribution is -0.137. The molecule has 0 amide bonds. The van der Waals surface area contributed by atoms with E-state index in [9.17, 15) is 13.2 Å². The Morgan fingerprint density at radius 3 is 2.44 bits per heavy atom. The molecule has 0 saturated carbocycles. The Kier molecular flexibility index (Phi) is 3.25. The van der Waals surface area contributed by atoms with Gasteiger partial charge in [-0.3, -0.25) is 4.98 Å². The molecule has 0 spiro atoms. The van der Waals surface area contributed by atoms with Crippen LogP contribution in [0.15, 0.2) is 22.7 Å². The van der Waals surface area contributed by atoms with Gasteiger partial charge in [-0.1, -0.05) is 0 Å². The maximum atomic E-state index is 12.3. The fraction of sp³-hybridized carbons (Fsp3) is 0.300. The van der Waals surface area contributed by atoms with Crippen LogP contribution in [0.2, 0.25) is 0 Å². The summed E-state index contributed by atoms with van der Waals surface area (Å²) in [5, 5.41) is 6.84. The van der Waals surface area contributed by atoms with Crippen LogP contribution in [-0.4, -0.2) is 15.2 Å².